The Kier molecular flexibility index (Phi) is 2.63. The van der Waals surface area contributed by atoms with Crippen LogP contribution in [0.25, 0.3) is 11.0 Å². The highest BCUT2D eigenvalue weighted by Gasteiger charge is 2.41. The lowest BCUT2D eigenvalue weighted by atomic mass is 10.1. The zero-order valence-corrected chi connectivity index (χ0v) is 10.2. The standard InChI is InChI=1S/C13H14ClN3/c14-8-13(5-6-13)9-16-12-7-15-10-3-1-2-4-11(10)17-12/h1-4,7H,5-6,8-9H2,(H,16,17). The van der Waals surface area contributed by atoms with Crippen LogP contribution in [0.5, 0.6) is 0 Å². The summed E-state index contributed by atoms with van der Waals surface area (Å²) in [5.41, 5.74) is 2.15. The van der Waals surface area contributed by atoms with Gasteiger partial charge in [-0.25, -0.2) is 4.98 Å². The van der Waals surface area contributed by atoms with Gasteiger partial charge in [0.1, 0.15) is 5.82 Å². The van der Waals surface area contributed by atoms with Crippen LogP contribution in [0.4, 0.5) is 5.82 Å². The van der Waals surface area contributed by atoms with Crippen LogP contribution in [0.1, 0.15) is 12.8 Å². The third-order valence-electron chi connectivity index (χ3n) is 3.33. The normalized spacial score (nSPS) is 17.0. The number of nitrogens with one attached hydrogen (secondary N) is 1. The summed E-state index contributed by atoms with van der Waals surface area (Å²) in [6.45, 7) is 0.892. The van der Waals surface area contributed by atoms with Crippen molar-refractivity contribution in [3.8, 4) is 0 Å². The molecule has 0 unspecified atom stereocenters. The molecular weight excluding hydrogens is 234 g/mol. The van der Waals surface area contributed by atoms with E-state index in [1.165, 1.54) is 12.8 Å². The molecule has 1 aromatic carbocycles. The number of para-hydroxylation sites is 2. The molecule has 1 N–H and O–H groups in total. The maximum Gasteiger partial charge on any atom is 0.145 e. The number of anilines is 1. The van der Waals surface area contributed by atoms with Crippen LogP contribution in [0.2, 0.25) is 0 Å². The van der Waals surface area contributed by atoms with Gasteiger partial charge in [-0.05, 0) is 25.0 Å². The molecule has 3 rings (SSSR count). The van der Waals surface area contributed by atoms with Gasteiger partial charge in [0, 0.05) is 17.8 Å². The van der Waals surface area contributed by atoms with Crippen molar-refractivity contribution >= 4 is 28.5 Å². The van der Waals surface area contributed by atoms with Crippen molar-refractivity contribution in [2.24, 2.45) is 5.41 Å². The second kappa shape index (κ2) is 4.15. The van der Waals surface area contributed by atoms with Crippen molar-refractivity contribution in [2.75, 3.05) is 17.7 Å². The minimum Gasteiger partial charge on any atom is -0.368 e. The molecule has 3 nitrogen and oxygen atoms in total. The Bertz CT molecular complexity index is 537. The molecule has 1 aliphatic rings. The first-order chi connectivity index (χ1) is 8.31. The maximum absolute atomic E-state index is 5.94. The maximum atomic E-state index is 5.94. The number of alkyl halides is 1. The van der Waals surface area contributed by atoms with Crippen LogP contribution < -0.4 is 5.32 Å². The lowest BCUT2D eigenvalue weighted by Gasteiger charge is -2.12. The van der Waals surface area contributed by atoms with E-state index in [2.05, 4.69) is 15.3 Å². The van der Waals surface area contributed by atoms with E-state index >= 15 is 0 Å². The summed E-state index contributed by atoms with van der Waals surface area (Å²) >= 11 is 5.94. The van der Waals surface area contributed by atoms with E-state index in [0.717, 1.165) is 29.3 Å². The van der Waals surface area contributed by atoms with Gasteiger partial charge in [0.15, 0.2) is 0 Å². The van der Waals surface area contributed by atoms with Gasteiger partial charge in [0.25, 0.3) is 0 Å². The lowest BCUT2D eigenvalue weighted by Crippen LogP contribution is -2.17. The number of benzene rings is 1. The summed E-state index contributed by atoms with van der Waals surface area (Å²) in [6.07, 6.45) is 4.21. The largest absolute Gasteiger partial charge is 0.368 e. The Morgan fingerprint density at radius 2 is 2.00 bits per heavy atom. The van der Waals surface area contributed by atoms with E-state index in [1.54, 1.807) is 6.20 Å². The molecule has 2 aromatic rings. The molecule has 1 aliphatic carbocycles. The van der Waals surface area contributed by atoms with E-state index in [9.17, 15) is 0 Å². The van der Waals surface area contributed by atoms with Crippen molar-refractivity contribution in [1.82, 2.24) is 9.97 Å². The van der Waals surface area contributed by atoms with Crippen LogP contribution >= 0.6 is 11.6 Å². The van der Waals surface area contributed by atoms with Crippen molar-refractivity contribution in [2.45, 2.75) is 12.8 Å². The molecule has 0 aliphatic heterocycles. The quantitative estimate of drug-likeness (QED) is 0.844. The minimum atomic E-state index is 0.300. The zero-order chi connectivity index (χ0) is 11.7. The van der Waals surface area contributed by atoms with Crippen molar-refractivity contribution in [1.29, 1.82) is 0 Å². The van der Waals surface area contributed by atoms with Gasteiger partial charge in [-0.2, -0.15) is 0 Å². The molecule has 0 saturated heterocycles. The molecule has 1 aromatic heterocycles. The van der Waals surface area contributed by atoms with E-state index in [-0.39, 0.29) is 0 Å². The summed E-state index contributed by atoms with van der Waals surface area (Å²) in [4.78, 5) is 8.89. The minimum absolute atomic E-state index is 0.300. The van der Waals surface area contributed by atoms with Crippen LogP contribution in [0, 0.1) is 5.41 Å². The number of aromatic nitrogens is 2. The fraction of sp³-hybridized carbons (Fsp3) is 0.385. The lowest BCUT2D eigenvalue weighted by molar-refractivity contribution is 0.617. The van der Waals surface area contributed by atoms with Crippen LogP contribution in [0.3, 0.4) is 0 Å². The fourth-order valence-corrected chi connectivity index (χ4v) is 2.22. The number of halogens is 1. The molecule has 1 fully saturated rings. The molecule has 0 radical (unpaired) electrons. The highest BCUT2D eigenvalue weighted by Crippen LogP contribution is 2.46. The van der Waals surface area contributed by atoms with Gasteiger partial charge in [-0.15, -0.1) is 11.6 Å². The summed E-state index contributed by atoms with van der Waals surface area (Å²) in [5.74, 6) is 1.56. The predicted octanol–water partition coefficient (Wildman–Crippen LogP) is 3.06. The molecule has 0 amide bonds. The van der Waals surface area contributed by atoms with Crippen molar-refractivity contribution < 1.29 is 0 Å². The van der Waals surface area contributed by atoms with Crippen LogP contribution in [-0.2, 0) is 0 Å². The zero-order valence-electron chi connectivity index (χ0n) is 9.49. The monoisotopic (exact) mass is 247 g/mol. The fourth-order valence-electron chi connectivity index (χ4n) is 1.85. The summed E-state index contributed by atoms with van der Waals surface area (Å²) < 4.78 is 0. The van der Waals surface area contributed by atoms with Crippen LogP contribution in [-0.4, -0.2) is 22.4 Å². The highest BCUT2D eigenvalue weighted by molar-refractivity contribution is 6.18. The number of nitrogens with zero attached hydrogens (tertiary/aromatic N) is 2. The molecule has 88 valence electrons. The van der Waals surface area contributed by atoms with Crippen LogP contribution in [0.15, 0.2) is 30.5 Å². The molecular formula is C13H14ClN3. The van der Waals surface area contributed by atoms with Gasteiger partial charge in [-0.3, -0.25) is 4.98 Å². The van der Waals surface area contributed by atoms with E-state index in [4.69, 9.17) is 11.6 Å². The third kappa shape index (κ3) is 2.20. The Morgan fingerprint density at radius 3 is 2.71 bits per heavy atom. The number of fused-ring (bicyclic) bond motifs is 1. The predicted molar refractivity (Wildman–Crippen MR) is 70.4 cm³/mol. The van der Waals surface area contributed by atoms with E-state index in [0.29, 0.717) is 5.41 Å². The SMILES string of the molecule is ClCC1(CNc2cnc3ccccc3n2)CC1. The van der Waals surface area contributed by atoms with Gasteiger partial charge in [-0.1, -0.05) is 12.1 Å². The Balaban J connectivity index is 1.77. The van der Waals surface area contributed by atoms with E-state index < -0.39 is 0 Å². The second-order valence-corrected chi connectivity index (χ2v) is 5.00. The highest BCUT2D eigenvalue weighted by atomic mass is 35.5. The molecule has 1 saturated carbocycles. The molecule has 0 spiro atoms. The molecule has 0 atom stereocenters. The first-order valence-corrected chi connectivity index (χ1v) is 6.36. The smallest absolute Gasteiger partial charge is 0.145 e. The Labute approximate surface area is 105 Å². The van der Waals surface area contributed by atoms with Gasteiger partial charge < -0.3 is 5.32 Å². The Hall–Kier alpha value is -1.35. The van der Waals surface area contributed by atoms with Crippen molar-refractivity contribution in [3.63, 3.8) is 0 Å². The first kappa shape index (κ1) is 10.8. The van der Waals surface area contributed by atoms with Gasteiger partial charge in [0.2, 0.25) is 0 Å². The number of rotatable bonds is 4. The van der Waals surface area contributed by atoms with Crippen molar-refractivity contribution in [3.05, 3.63) is 30.5 Å². The first-order valence-electron chi connectivity index (χ1n) is 5.83. The molecule has 1 heterocycles. The average molecular weight is 248 g/mol. The number of hydrogen-bond donors (Lipinski definition) is 1. The molecule has 4 heteroatoms. The average Bonchev–Trinajstić information content (AvgIpc) is 3.17. The van der Waals surface area contributed by atoms with Gasteiger partial charge >= 0.3 is 0 Å². The summed E-state index contributed by atoms with van der Waals surface area (Å²) in [5, 5.41) is 3.33. The molecule has 17 heavy (non-hydrogen) atoms. The van der Waals surface area contributed by atoms with E-state index in [1.807, 2.05) is 24.3 Å². The number of hydrogen-bond acceptors (Lipinski definition) is 3. The third-order valence-corrected chi connectivity index (χ3v) is 3.90. The topological polar surface area (TPSA) is 37.8 Å². The molecule has 0 bridgehead atoms. The summed E-state index contributed by atoms with van der Waals surface area (Å²) in [7, 11) is 0. The Morgan fingerprint density at radius 1 is 1.24 bits per heavy atom. The second-order valence-electron chi connectivity index (χ2n) is 4.73. The van der Waals surface area contributed by atoms with Gasteiger partial charge in [0.05, 0.1) is 17.2 Å². The summed E-state index contributed by atoms with van der Waals surface area (Å²) in [6, 6.07) is 7.88.